The van der Waals surface area contributed by atoms with Crippen molar-refractivity contribution in [3.05, 3.63) is 53.6 Å². The van der Waals surface area contributed by atoms with E-state index < -0.39 is 0 Å². The van der Waals surface area contributed by atoms with E-state index in [0.717, 1.165) is 23.2 Å². The fourth-order valence-electron chi connectivity index (χ4n) is 2.33. The number of anilines is 1. The van der Waals surface area contributed by atoms with Gasteiger partial charge >= 0.3 is 0 Å². The number of hydrogen-bond acceptors (Lipinski definition) is 3. The predicted molar refractivity (Wildman–Crippen MR) is 82.3 cm³/mol. The zero-order chi connectivity index (χ0) is 14.8. The number of nitrogens with zero attached hydrogens (tertiary/aromatic N) is 3. The van der Waals surface area contributed by atoms with E-state index in [1.807, 2.05) is 37.4 Å². The van der Waals surface area contributed by atoms with E-state index in [-0.39, 0.29) is 5.91 Å². The fourth-order valence-corrected chi connectivity index (χ4v) is 2.33. The molecule has 0 bridgehead atoms. The minimum Gasteiger partial charge on any atom is -0.322 e. The van der Waals surface area contributed by atoms with E-state index >= 15 is 0 Å². The molecule has 1 amide bonds. The quantitative estimate of drug-likeness (QED) is 0.802. The molecule has 0 saturated heterocycles. The SMILES string of the molecule is CCc1ccccc1NC(=O)c1ccc2c(c1)nnn2C. The summed E-state index contributed by atoms with van der Waals surface area (Å²) in [5, 5.41) is 10.9. The molecule has 0 aliphatic heterocycles. The van der Waals surface area contributed by atoms with Gasteiger partial charge in [0.1, 0.15) is 5.52 Å². The zero-order valence-electron chi connectivity index (χ0n) is 12.0. The summed E-state index contributed by atoms with van der Waals surface area (Å²) < 4.78 is 1.68. The predicted octanol–water partition coefficient (Wildman–Crippen LogP) is 2.78. The molecule has 21 heavy (non-hydrogen) atoms. The van der Waals surface area contributed by atoms with Crippen LogP contribution in [-0.4, -0.2) is 20.9 Å². The summed E-state index contributed by atoms with van der Waals surface area (Å²) in [4.78, 5) is 12.4. The topological polar surface area (TPSA) is 59.8 Å². The maximum Gasteiger partial charge on any atom is 0.255 e. The molecule has 1 aromatic heterocycles. The van der Waals surface area contributed by atoms with E-state index in [1.54, 1.807) is 16.8 Å². The Morgan fingerprint density at radius 3 is 2.86 bits per heavy atom. The molecule has 0 radical (unpaired) electrons. The summed E-state index contributed by atoms with van der Waals surface area (Å²) in [5.41, 5.74) is 4.17. The number of hydrogen-bond donors (Lipinski definition) is 1. The molecule has 5 heteroatoms. The average Bonchev–Trinajstić information content (AvgIpc) is 2.88. The van der Waals surface area contributed by atoms with Crippen molar-refractivity contribution >= 4 is 22.6 Å². The van der Waals surface area contributed by atoms with Gasteiger partial charge in [-0.2, -0.15) is 0 Å². The van der Waals surface area contributed by atoms with Crippen LogP contribution in [0.1, 0.15) is 22.8 Å². The summed E-state index contributed by atoms with van der Waals surface area (Å²) in [5.74, 6) is -0.136. The van der Waals surface area contributed by atoms with Gasteiger partial charge in [-0.25, -0.2) is 4.68 Å². The second-order valence-electron chi connectivity index (χ2n) is 4.88. The molecular formula is C16H16N4O. The number of carbonyl (C=O) groups excluding carboxylic acids is 1. The van der Waals surface area contributed by atoms with E-state index in [9.17, 15) is 4.79 Å². The number of aromatic nitrogens is 3. The first kappa shape index (κ1) is 13.3. The Hall–Kier alpha value is -2.69. The van der Waals surface area contributed by atoms with E-state index in [2.05, 4.69) is 22.6 Å². The van der Waals surface area contributed by atoms with Crippen LogP contribution in [0.5, 0.6) is 0 Å². The largest absolute Gasteiger partial charge is 0.322 e. The van der Waals surface area contributed by atoms with Gasteiger partial charge in [-0.15, -0.1) is 5.10 Å². The fraction of sp³-hybridized carbons (Fsp3) is 0.188. The van der Waals surface area contributed by atoms with Crippen LogP contribution in [0.3, 0.4) is 0 Å². The van der Waals surface area contributed by atoms with Crippen LogP contribution in [0.25, 0.3) is 11.0 Å². The number of rotatable bonds is 3. The summed E-state index contributed by atoms with van der Waals surface area (Å²) in [6.45, 7) is 2.07. The molecule has 0 atom stereocenters. The lowest BCUT2D eigenvalue weighted by molar-refractivity contribution is 0.102. The highest BCUT2D eigenvalue weighted by Gasteiger charge is 2.10. The molecule has 2 aromatic carbocycles. The third-order valence-corrected chi connectivity index (χ3v) is 3.52. The summed E-state index contributed by atoms with van der Waals surface area (Å²) in [7, 11) is 1.83. The monoisotopic (exact) mass is 280 g/mol. The summed E-state index contributed by atoms with van der Waals surface area (Å²) in [6, 6.07) is 13.2. The Bertz CT molecular complexity index is 807. The molecule has 0 unspecified atom stereocenters. The van der Waals surface area contributed by atoms with E-state index in [1.165, 1.54) is 0 Å². The standard InChI is InChI=1S/C16H16N4O/c1-3-11-6-4-5-7-13(11)17-16(21)12-8-9-15-14(10-12)18-19-20(15)2/h4-10H,3H2,1-2H3,(H,17,21). The first-order valence-electron chi connectivity index (χ1n) is 6.87. The minimum atomic E-state index is -0.136. The first-order valence-corrected chi connectivity index (χ1v) is 6.87. The molecule has 1 heterocycles. The van der Waals surface area contributed by atoms with Crippen molar-refractivity contribution in [1.29, 1.82) is 0 Å². The number of aryl methyl sites for hydroxylation is 2. The maximum absolute atomic E-state index is 12.4. The zero-order valence-corrected chi connectivity index (χ0v) is 12.0. The minimum absolute atomic E-state index is 0.136. The lowest BCUT2D eigenvalue weighted by Gasteiger charge is -2.09. The van der Waals surface area contributed by atoms with E-state index in [4.69, 9.17) is 0 Å². The second kappa shape index (κ2) is 5.36. The molecule has 0 spiro atoms. The molecule has 106 valence electrons. The van der Waals surface area contributed by atoms with Gasteiger partial charge in [0.05, 0.1) is 5.52 Å². The van der Waals surface area contributed by atoms with Crippen LogP contribution in [-0.2, 0) is 13.5 Å². The summed E-state index contributed by atoms with van der Waals surface area (Å²) in [6.07, 6.45) is 0.875. The highest BCUT2D eigenvalue weighted by molar-refractivity contribution is 6.06. The number of fused-ring (bicyclic) bond motifs is 1. The van der Waals surface area contributed by atoms with Crippen molar-refractivity contribution < 1.29 is 4.79 Å². The first-order chi connectivity index (χ1) is 10.2. The van der Waals surface area contributed by atoms with Gasteiger partial charge in [0.2, 0.25) is 0 Å². The molecule has 0 saturated carbocycles. The Morgan fingerprint density at radius 2 is 2.05 bits per heavy atom. The van der Waals surface area contributed by atoms with Crippen LogP contribution >= 0.6 is 0 Å². The van der Waals surface area contributed by atoms with Gasteiger partial charge in [0.15, 0.2) is 0 Å². The Balaban J connectivity index is 1.90. The lowest BCUT2D eigenvalue weighted by Crippen LogP contribution is -2.13. The number of benzene rings is 2. The van der Waals surface area contributed by atoms with Crippen molar-refractivity contribution in [3.63, 3.8) is 0 Å². The molecule has 3 aromatic rings. The number of para-hydroxylation sites is 1. The van der Waals surface area contributed by atoms with Crippen LogP contribution in [0.15, 0.2) is 42.5 Å². The number of carbonyl (C=O) groups is 1. The highest BCUT2D eigenvalue weighted by atomic mass is 16.1. The highest BCUT2D eigenvalue weighted by Crippen LogP contribution is 2.18. The van der Waals surface area contributed by atoms with Gasteiger partial charge in [0, 0.05) is 18.3 Å². The van der Waals surface area contributed by atoms with Crippen molar-refractivity contribution in [1.82, 2.24) is 15.0 Å². The third-order valence-electron chi connectivity index (χ3n) is 3.52. The van der Waals surface area contributed by atoms with Crippen LogP contribution in [0.4, 0.5) is 5.69 Å². The smallest absolute Gasteiger partial charge is 0.255 e. The van der Waals surface area contributed by atoms with Crippen molar-refractivity contribution in [2.75, 3.05) is 5.32 Å². The van der Waals surface area contributed by atoms with Gasteiger partial charge in [-0.1, -0.05) is 30.3 Å². The maximum atomic E-state index is 12.4. The summed E-state index contributed by atoms with van der Waals surface area (Å²) >= 11 is 0. The number of nitrogens with one attached hydrogen (secondary N) is 1. The van der Waals surface area contributed by atoms with Crippen molar-refractivity contribution in [2.45, 2.75) is 13.3 Å². The van der Waals surface area contributed by atoms with Gasteiger partial charge in [-0.05, 0) is 36.2 Å². The molecule has 0 fully saturated rings. The molecule has 5 nitrogen and oxygen atoms in total. The van der Waals surface area contributed by atoms with Crippen LogP contribution in [0, 0.1) is 0 Å². The van der Waals surface area contributed by atoms with Gasteiger partial charge in [-0.3, -0.25) is 4.79 Å². The molecule has 0 aliphatic carbocycles. The second-order valence-corrected chi connectivity index (χ2v) is 4.88. The average molecular weight is 280 g/mol. The number of amides is 1. The Kier molecular flexibility index (Phi) is 3.39. The van der Waals surface area contributed by atoms with Crippen molar-refractivity contribution in [3.8, 4) is 0 Å². The molecule has 1 N–H and O–H groups in total. The van der Waals surface area contributed by atoms with Gasteiger partial charge in [0.25, 0.3) is 5.91 Å². The molecular weight excluding hydrogens is 264 g/mol. The Labute approximate surface area is 122 Å². The van der Waals surface area contributed by atoms with Crippen LogP contribution in [0.2, 0.25) is 0 Å². The van der Waals surface area contributed by atoms with E-state index in [0.29, 0.717) is 11.1 Å². The third kappa shape index (κ3) is 2.50. The van der Waals surface area contributed by atoms with Crippen LogP contribution < -0.4 is 5.32 Å². The van der Waals surface area contributed by atoms with Gasteiger partial charge < -0.3 is 5.32 Å². The normalized spacial score (nSPS) is 10.8. The Morgan fingerprint density at radius 1 is 1.24 bits per heavy atom. The lowest BCUT2D eigenvalue weighted by atomic mass is 10.1. The molecule has 0 aliphatic rings. The molecule has 3 rings (SSSR count). The van der Waals surface area contributed by atoms with Crippen molar-refractivity contribution in [2.24, 2.45) is 7.05 Å².